The Balaban J connectivity index is 2.06. The van der Waals surface area contributed by atoms with Gasteiger partial charge in [0.2, 0.25) is 11.7 Å². The smallest absolute Gasteiger partial charge is 0.228 e. The maximum atomic E-state index is 5.24. The lowest BCUT2D eigenvalue weighted by molar-refractivity contribution is 0.165. The third-order valence-corrected chi connectivity index (χ3v) is 2.70. The van der Waals surface area contributed by atoms with Crippen molar-refractivity contribution in [2.24, 2.45) is 0 Å². The largest absolute Gasteiger partial charge is 0.383 e. The van der Waals surface area contributed by atoms with Crippen LogP contribution in [0, 0.1) is 0 Å². The summed E-state index contributed by atoms with van der Waals surface area (Å²) in [6.07, 6.45) is 0.657. The van der Waals surface area contributed by atoms with Crippen LogP contribution in [0.15, 0.2) is 34.9 Å². The summed E-state index contributed by atoms with van der Waals surface area (Å²) >= 11 is 0. The molecule has 1 heterocycles. The Morgan fingerprint density at radius 3 is 2.78 bits per heavy atom. The van der Waals surface area contributed by atoms with Crippen molar-refractivity contribution in [3.8, 4) is 11.4 Å². The van der Waals surface area contributed by atoms with E-state index in [4.69, 9.17) is 9.26 Å². The lowest BCUT2D eigenvalue weighted by atomic mass is 10.2. The van der Waals surface area contributed by atoms with Gasteiger partial charge in [-0.05, 0) is 7.05 Å². The van der Waals surface area contributed by atoms with Crippen molar-refractivity contribution in [2.45, 2.75) is 12.5 Å². The van der Waals surface area contributed by atoms with Gasteiger partial charge in [0.15, 0.2) is 0 Å². The number of benzene rings is 1. The summed E-state index contributed by atoms with van der Waals surface area (Å²) in [6.45, 7) is 0.611. The Labute approximate surface area is 106 Å². The van der Waals surface area contributed by atoms with Crippen molar-refractivity contribution < 1.29 is 9.26 Å². The molecule has 0 aliphatic heterocycles. The van der Waals surface area contributed by atoms with Crippen molar-refractivity contribution >= 4 is 0 Å². The highest BCUT2D eigenvalue weighted by Crippen LogP contribution is 2.15. The van der Waals surface area contributed by atoms with Gasteiger partial charge >= 0.3 is 0 Å². The van der Waals surface area contributed by atoms with Gasteiger partial charge in [-0.1, -0.05) is 35.5 Å². The number of aromatic nitrogens is 2. The van der Waals surface area contributed by atoms with E-state index >= 15 is 0 Å². The number of methoxy groups -OCH3 is 1. The van der Waals surface area contributed by atoms with Crippen LogP contribution in [0.25, 0.3) is 11.4 Å². The maximum Gasteiger partial charge on any atom is 0.228 e. The Bertz CT molecular complexity index is 470. The molecule has 96 valence electrons. The molecule has 0 radical (unpaired) electrons. The summed E-state index contributed by atoms with van der Waals surface area (Å²) in [7, 11) is 3.56. The molecule has 1 unspecified atom stereocenters. The number of rotatable bonds is 6. The van der Waals surface area contributed by atoms with Crippen molar-refractivity contribution in [3.63, 3.8) is 0 Å². The molecule has 0 bridgehead atoms. The van der Waals surface area contributed by atoms with E-state index in [1.54, 1.807) is 7.11 Å². The number of nitrogens with zero attached hydrogens (tertiary/aromatic N) is 2. The molecule has 5 heteroatoms. The fraction of sp³-hybridized carbons (Fsp3) is 0.385. The molecule has 0 spiro atoms. The number of nitrogens with one attached hydrogen (secondary N) is 1. The van der Waals surface area contributed by atoms with Gasteiger partial charge in [0.05, 0.1) is 6.61 Å². The summed E-state index contributed by atoms with van der Waals surface area (Å²) in [5.74, 6) is 1.24. The Hall–Kier alpha value is -1.72. The predicted molar refractivity (Wildman–Crippen MR) is 68.2 cm³/mol. The predicted octanol–water partition coefficient (Wildman–Crippen LogP) is 1.51. The highest BCUT2D eigenvalue weighted by atomic mass is 16.5. The summed E-state index contributed by atoms with van der Waals surface area (Å²) in [5.41, 5.74) is 0.959. The minimum absolute atomic E-state index is 0.180. The number of likely N-dealkylation sites (N-methyl/N-ethyl adjacent to an activating group) is 1. The molecule has 1 atom stereocenters. The van der Waals surface area contributed by atoms with Crippen LogP contribution >= 0.6 is 0 Å². The van der Waals surface area contributed by atoms with Gasteiger partial charge in [-0.2, -0.15) is 4.98 Å². The van der Waals surface area contributed by atoms with Crippen molar-refractivity contribution in [2.75, 3.05) is 20.8 Å². The first-order valence-corrected chi connectivity index (χ1v) is 5.87. The molecule has 1 aromatic carbocycles. The lowest BCUT2D eigenvalue weighted by Crippen LogP contribution is -2.32. The molecule has 0 amide bonds. The number of ether oxygens (including phenoxy) is 1. The van der Waals surface area contributed by atoms with Gasteiger partial charge < -0.3 is 14.6 Å². The second-order valence-corrected chi connectivity index (χ2v) is 4.02. The van der Waals surface area contributed by atoms with Gasteiger partial charge in [-0.3, -0.25) is 0 Å². The summed E-state index contributed by atoms with van der Waals surface area (Å²) in [4.78, 5) is 4.38. The van der Waals surface area contributed by atoms with Crippen LogP contribution in [0.4, 0.5) is 0 Å². The minimum atomic E-state index is 0.180. The lowest BCUT2D eigenvalue weighted by Gasteiger charge is -2.11. The zero-order valence-corrected chi connectivity index (χ0v) is 10.6. The fourth-order valence-corrected chi connectivity index (χ4v) is 1.70. The van der Waals surface area contributed by atoms with E-state index < -0.39 is 0 Å². The molecule has 18 heavy (non-hydrogen) atoms. The van der Waals surface area contributed by atoms with Crippen molar-refractivity contribution in [1.29, 1.82) is 0 Å². The molecule has 1 N–H and O–H groups in total. The second kappa shape index (κ2) is 6.28. The molecule has 0 saturated carbocycles. The first-order valence-electron chi connectivity index (χ1n) is 5.87. The van der Waals surface area contributed by atoms with Crippen LogP contribution < -0.4 is 5.32 Å². The molecule has 2 aromatic rings. The third kappa shape index (κ3) is 3.15. The number of hydrogen-bond donors (Lipinski definition) is 1. The van der Waals surface area contributed by atoms with Crippen LogP contribution in [0.5, 0.6) is 0 Å². The van der Waals surface area contributed by atoms with Crippen LogP contribution in [-0.4, -0.2) is 36.9 Å². The van der Waals surface area contributed by atoms with E-state index in [9.17, 15) is 0 Å². The fourth-order valence-electron chi connectivity index (χ4n) is 1.70. The van der Waals surface area contributed by atoms with Crippen LogP contribution in [0.3, 0.4) is 0 Å². The van der Waals surface area contributed by atoms with Crippen LogP contribution in [-0.2, 0) is 11.2 Å². The van der Waals surface area contributed by atoms with E-state index in [2.05, 4.69) is 15.5 Å². The molecule has 5 nitrogen and oxygen atoms in total. The summed E-state index contributed by atoms with van der Waals surface area (Å²) in [5, 5.41) is 7.13. The molecular formula is C13H17N3O2. The highest BCUT2D eigenvalue weighted by Gasteiger charge is 2.13. The number of hydrogen-bond acceptors (Lipinski definition) is 5. The van der Waals surface area contributed by atoms with Gasteiger partial charge in [-0.25, -0.2) is 0 Å². The Morgan fingerprint density at radius 1 is 1.33 bits per heavy atom. The van der Waals surface area contributed by atoms with E-state index in [1.165, 1.54) is 0 Å². The molecule has 1 aromatic heterocycles. The highest BCUT2D eigenvalue weighted by molar-refractivity contribution is 5.53. The topological polar surface area (TPSA) is 60.2 Å². The maximum absolute atomic E-state index is 5.24. The zero-order chi connectivity index (χ0) is 12.8. The van der Waals surface area contributed by atoms with Gasteiger partial charge in [-0.15, -0.1) is 0 Å². The average molecular weight is 247 g/mol. The minimum Gasteiger partial charge on any atom is -0.383 e. The van der Waals surface area contributed by atoms with Gasteiger partial charge in [0.1, 0.15) is 0 Å². The van der Waals surface area contributed by atoms with Gasteiger partial charge in [0, 0.05) is 25.1 Å². The van der Waals surface area contributed by atoms with E-state index in [0.29, 0.717) is 24.7 Å². The van der Waals surface area contributed by atoms with Crippen LogP contribution in [0.2, 0.25) is 0 Å². The SMILES string of the molecule is CNC(COC)Cc1nc(-c2ccccc2)no1. The monoisotopic (exact) mass is 247 g/mol. The Kier molecular flexibility index (Phi) is 4.44. The normalized spacial score (nSPS) is 12.6. The first-order chi connectivity index (χ1) is 8.83. The summed E-state index contributed by atoms with van der Waals surface area (Å²) in [6, 6.07) is 9.96. The molecule has 0 aliphatic rings. The van der Waals surface area contributed by atoms with E-state index in [-0.39, 0.29) is 6.04 Å². The quantitative estimate of drug-likeness (QED) is 0.838. The van der Waals surface area contributed by atoms with E-state index in [0.717, 1.165) is 5.56 Å². The first kappa shape index (κ1) is 12.7. The van der Waals surface area contributed by atoms with Crippen molar-refractivity contribution in [3.05, 3.63) is 36.2 Å². The van der Waals surface area contributed by atoms with Crippen molar-refractivity contribution in [1.82, 2.24) is 15.5 Å². The summed E-state index contributed by atoms with van der Waals surface area (Å²) < 4.78 is 10.3. The van der Waals surface area contributed by atoms with Gasteiger partial charge in [0.25, 0.3) is 0 Å². The Morgan fingerprint density at radius 2 is 2.11 bits per heavy atom. The third-order valence-electron chi connectivity index (χ3n) is 2.70. The van der Waals surface area contributed by atoms with E-state index in [1.807, 2.05) is 37.4 Å². The molecule has 0 fully saturated rings. The zero-order valence-electron chi connectivity index (χ0n) is 10.6. The standard InChI is InChI=1S/C13H17N3O2/c1-14-11(9-17-2)8-12-15-13(16-18-12)10-6-4-3-5-7-10/h3-7,11,14H,8-9H2,1-2H3. The van der Waals surface area contributed by atoms with Crippen LogP contribution in [0.1, 0.15) is 5.89 Å². The average Bonchev–Trinajstić information content (AvgIpc) is 2.88. The molecule has 0 saturated heterocycles. The molecular weight excluding hydrogens is 230 g/mol. The molecule has 2 rings (SSSR count). The molecule has 0 aliphatic carbocycles. The second-order valence-electron chi connectivity index (χ2n) is 4.02.